The van der Waals surface area contributed by atoms with Gasteiger partial charge in [0.25, 0.3) is 0 Å². The van der Waals surface area contributed by atoms with Gasteiger partial charge < -0.3 is 9.67 Å². The first-order valence-electron chi connectivity index (χ1n) is 8.98. The highest BCUT2D eigenvalue weighted by Gasteiger charge is 2.22. The van der Waals surface area contributed by atoms with Crippen molar-refractivity contribution in [1.82, 2.24) is 4.57 Å². The SMILES string of the molecule is C=C1C=C(c2ccc(-n3c(C)ccc3C)cc2)C=C(C(=O)O)/C1=N/C(C)C. The quantitative estimate of drug-likeness (QED) is 0.842. The van der Waals surface area contributed by atoms with Crippen LogP contribution in [0, 0.1) is 13.8 Å². The lowest BCUT2D eigenvalue weighted by Crippen LogP contribution is -2.18. The third-order valence-electron chi connectivity index (χ3n) is 4.54. The summed E-state index contributed by atoms with van der Waals surface area (Å²) in [6, 6.07) is 12.3. The van der Waals surface area contributed by atoms with Crippen LogP contribution in [0.5, 0.6) is 0 Å². The van der Waals surface area contributed by atoms with Crippen molar-refractivity contribution in [2.45, 2.75) is 33.7 Å². The molecule has 0 amide bonds. The lowest BCUT2D eigenvalue weighted by molar-refractivity contribution is -0.132. The molecule has 0 atom stereocenters. The zero-order chi connectivity index (χ0) is 19.7. The molecule has 0 spiro atoms. The number of benzene rings is 1. The molecule has 138 valence electrons. The number of nitrogens with zero attached hydrogens (tertiary/aromatic N) is 2. The Morgan fingerprint density at radius 1 is 1.04 bits per heavy atom. The average Bonchev–Trinajstić information content (AvgIpc) is 2.94. The van der Waals surface area contributed by atoms with Crippen molar-refractivity contribution >= 4 is 17.3 Å². The zero-order valence-corrected chi connectivity index (χ0v) is 16.2. The number of carbonyl (C=O) groups is 1. The van der Waals surface area contributed by atoms with Crippen molar-refractivity contribution in [3.8, 4) is 5.69 Å². The summed E-state index contributed by atoms with van der Waals surface area (Å²) >= 11 is 0. The van der Waals surface area contributed by atoms with Crippen molar-refractivity contribution in [1.29, 1.82) is 0 Å². The predicted octanol–water partition coefficient (Wildman–Crippen LogP) is 4.91. The number of carboxylic acid groups (broad SMARTS) is 1. The van der Waals surface area contributed by atoms with Gasteiger partial charge in [0.2, 0.25) is 0 Å². The first-order chi connectivity index (χ1) is 12.8. The maximum absolute atomic E-state index is 11.7. The Labute approximate surface area is 159 Å². The Bertz CT molecular complexity index is 980. The number of rotatable bonds is 4. The van der Waals surface area contributed by atoms with Crippen LogP contribution in [0.1, 0.15) is 30.8 Å². The van der Waals surface area contributed by atoms with Crippen LogP contribution in [-0.2, 0) is 4.79 Å². The molecule has 1 heterocycles. The van der Waals surface area contributed by atoms with Gasteiger partial charge in [0.05, 0.1) is 11.3 Å². The van der Waals surface area contributed by atoms with Crippen LogP contribution < -0.4 is 0 Å². The molecule has 0 unspecified atom stereocenters. The normalized spacial score (nSPS) is 15.9. The molecular formula is C23H24N2O2. The molecule has 0 saturated heterocycles. The number of allylic oxidation sites excluding steroid dienone is 4. The molecule has 2 aromatic rings. The van der Waals surface area contributed by atoms with Crippen molar-refractivity contribution < 1.29 is 9.90 Å². The Balaban J connectivity index is 2.00. The number of aliphatic imine (C=N–C) groups is 1. The first kappa shape index (κ1) is 18.6. The van der Waals surface area contributed by atoms with Crippen molar-refractivity contribution in [3.05, 3.63) is 83.2 Å². The summed E-state index contributed by atoms with van der Waals surface area (Å²) in [5.41, 5.74) is 6.47. The van der Waals surface area contributed by atoms with Crippen molar-refractivity contribution in [2.24, 2.45) is 4.99 Å². The van der Waals surface area contributed by atoms with E-state index in [2.05, 4.69) is 42.1 Å². The van der Waals surface area contributed by atoms with Crippen LogP contribution in [0.4, 0.5) is 0 Å². The van der Waals surface area contributed by atoms with Crippen LogP contribution in [0.15, 0.2) is 71.3 Å². The van der Waals surface area contributed by atoms with Gasteiger partial charge in [-0.2, -0.15) is 0 Å². The molecule has 1 aliphatic rings. The van der Waals surface area contributed by atoms with Gasteiger partial charge in [-0.15, -0.1) is 0 Å². The van der Waals surface area contributed by atoms with Crippen LogP contribution >= 0.6 is 0 Å². The molecular weight excluding hydrogens is 336 g/mol. The van der Waals surface area contributed by atoms with E-state index in [9.17, 15) is 9.90 Å². The lowest BCUT2D eigenvalue weighted by atomic mass is 9.90. The summed E-state index contributed by atoms with van der Waals surface area (Å²) in [5.74, 6) is -0.989. The van der Waals surface area contributed by atoms with Crippen molar-refractivity contribution in [2.75, 3.05) is 0 Å². The molecule has 0 saturated carbocycles. The maximum Gasteiger partial charge on any atom is 0.337 e. The van der Waals surface area contributed by atoms with Crippen LogP contribution in [-0.4, -0.2) is 27.4 Å². The Hall–Kier alpha value is -3.14. The molecule has 1 aromatic carbocycles. The fourth-order valence-corrected chi connectivity index (χ4v) is 3.31. The molecule has 0 aliphatic heterocycles. The van der Waals surface area contributed by atoms with Crippen LogP contribution in [0.25, 0.3) is 11.3 Å². The number of hydrogen-bond donors (Lipinski definition) is 1. The van der Waals surface area contributed by atoms with E-state index in [1.807, 2.05) is 44.2 Å². The average molecular weight is 360 g/mol. The van der Waals surface area contributed by atoms with Crippen molar-refractivity contribution in [3.63, 3.8) is 0 Å². The van der Waals surface area contributed by atoms with E-state index in [1.54, 1.807) is 6.08 Å². The van der Waals surface area contributed by atoms with Gasteiger partial charge in [-0.25, -0.2) is 4.79 Å². The largest absolute Gasteiger partial charge is 0.478 e. The van der Waals surface area contributed by atoms with Gasteiger partial charge in [0.1, 0.15) is 0 Å². The first-order valence-corrected chi connectivity index (χ1v) is 8.98. The lowest BCUT2D eigenvalue weighted by Gasteiger charge is -2.17. The molecule has 0 fully saturated rings. The van der Waals surface area contributed by atoms with E-state index >= 15 is 0 Å². The van der Waals surface area contributed by atoms with Gasteiger partial charge in [-0.1, -0.05) is 18.7 Å². The van der Waals surface area contributed by atoms with Crippen LogP contribution in [0.3, 0.4) is 0 Å². The number of aliphatic carboxylic acids is 1. The minimum absolute atomic E-state index is 0.00165. The highest BCUT2D eigenvalue weighted by atomic mass is 16.4. The molecule has 1 aliphatic carbocycles. The van der Waals surface area contributed by atoms with Crippen LogP contribution in [0.2, 0.25) is 0 Å². The topological polar surface area (TPSA) is 54.6 Å². The van der Waals surface area contributed by atoms with E-state index in [0.29, 0.717) is 11.3 Å². The maximum atomic E-state index is 11.7. The molecule has 27 heavy (non-hydrogen) atoms. The second-order valence-corrected chi connectivity index (χ2v) is 7.06. The predicted molar refractivity (Wildman–Crippen MR) is 111 cm³/mol. The molecule has 0 radical (unpaired) electrons. The van der Waals surface area contributed by atoms with Gasteiger partial charge in [0.15, 0.2) is 0 Å². The number of aryl methyl sites for hydroxylation is 2. The van der Waals surface area contributed by atoms with Gasteiger partial charge in [0, 0.05) is 23.1 Å². The Kier molecular flexibility index (Phi) is 5.00. The second kappa shape index (κ2) is 7.23. The molecule has 1 N–H and O–H groups in total. The van der Waals surface area contributed by atoms with E-state index in [-0.39, 0.29) is 11.6 Å². The molecule has 1 aromatic heterocycles. The minimum Gasteiger partial charge on any atom is -0.478 e. The summed E-state index contributed by atoms with van der Waals surface area (Å²) in [7, 11) is 0. The standard InChI is InChI=1S/C23H24N2O2/c1-14(2)24-22-15(3)12-19(13-21(22)23(26)27)18-8-10-20(11-9-18)25-16(4)6-7-17(25)5/h6-14H,3H2,1-2,4-5H3,(H,26,27)/b24-22+. The van der Waals surface area contributed by atoms with Gasteiger partial charge in [-0.05, 0) is 80.8 Å². The summed E-state index contributed by atoms with van der Waals surface area (Å²) in [6.07, 6.45) is 3.58. The van der Waals surface area contributed by atoms with E-state index in [1.165, 1.54) is 11.4 Å². The summed E-state index contributed by atoms with van der Waals surface area (Å²) < 4.78 is 2.18. The molecule has 0 bridgehead atoms. The van der Waals surface area contributed by atoms with E-state index in [0.717, 1.165) is 16.8 Å². The number of hydrogen-bond acceptors (Lipinski definition) is 2. The highest BCUT2D eigenvalue weighted by molar-refractivity contribution is 6.30. The molecule has 4 heteroatoms. The fraction of sp³-hybridized carbons (Fsp3) is 0.217. The number of carboxylic acids is 1. The smallest absolute Gasteiger partial charge is 0.337 e. The van der Waals surface area contributed by atoms with E-state index in [4.69, 9.17) is 0 Å². The third-order valence-corrected chi connectivity index (χ3v) is 4.54. The van der Waals surface area contributed by atoms with Gasteiger partial charge in [-0.3, -0.25) is 4.99 Å². The van der Waals surface area contributed by atoms with E-state index < -0.39 is 5.97 Å². The third kappa shape index (κ3) is 3.70. The Morgan fingerprint density at radius 3 is 2.15 bits per heavy atom. The highest BCUT2D eigenvalue weighted by Crippen LogP contribution is 2.28. The monoisotopic (exact) mass is 360 g/mol. The Morgan fingerprint density at radius 2 is 1.63 bits per heavy atom. The molecule has 4 nitrogen and oxygen atoms in total. The zero-order valence-electron chi connectivity index (χ0n) is 16.2. The number of aromatic nitrogens is 1. The fourth-order valence-electron chi connectivity index (χ4n) is 3.31. The van der Waals surface area contributed by atoms with Gasteiger partial charge >= 0.3 is 5.97 Å². The summed E-state index contributed by atoms with van der Waals surface area (Å²) in [5, 5.41) is 9.61. The second-order valence-electron chi connectivity index (χ2n) is 7.06. The summed E-state index contributed by atoms with van der Waals surface area (Å²) in [6.45, 7) is 12.0. The minimum atomic E-state index is -0.989. The summed E-state index contributed by atoms with van der Waals surface area (Å²) in [4.78, 5) is 16.2. The molecule has 3 rings (SSSR count).